The SMILES string of the molecule is CC=C(C(=O)OCc1ccc([N+](=O)[O-])cc1)N1C(=O)[C@H](NC(=O)COc2ccccc2)[C@@H]1C=Cc1ccccc1. The fourth-order valence-corrected chi connectivity index (χ4v) is 4.08. The standard InChI is InChI=1S/C30H27N3O7/c1-2-25(30(36)40-19-22-13-16-23(17-14-22)33(37)38)32-26(18-15-21-9-5-3-6-10-21)28(29(32)35)31-27(34)20-39-24-11-7-4-8-12-24/h2-18,26,28H,19-20H2,1H3,(H,31,34)/t26-,28+/m0/s1. The summed E-state index contributed by atoms with van der Waals surface area (Å²) in [5, 5.41) is 13.6. The number of β-lactam (4-membered cyclic amide) rings is 1. The van der Waals surface area contributed by atoms with Gasteiger partial charge in [-0.3, -0.25) is 24.6 Å². The maximum atomic E-state index is 13.2. The molecule has 2 amide bonds. The van der Waals surface area contributed by atoms with Gasteiger partial charge in [-0.2, -0.15) is 0 Å². The van der Waals surface area contributed by atoms with Crippen molar-refractivity contribution in [2.24, 2.45) is 0 Å². The van der Waals surface area contributed by atoms with E-state index in [2.05, 4.69) is 5.32 Å². The number of nitrogens with one attached hydrogen (secondary N) is 1. The quantitative estimate of drug-likeness (QED) is 0.128. The molecule has 10 heteroatoms. The highest BCUT2D eigenvalue weighted by molar-refractivity contribution is 6.02. The van der Waals surface area contributed by atoms with Crippen LogP contribution in [0.3, 0.4) is 0 Å². The molecule has 1 saturated heterocycles. The van der Waals surface area contributed by atoms with Crippen LogP contribution in [0.25, 0.3) is 6.08 Å². The molecule has 4 rings (SSSR count). The Kier molecular flexibility index (Phi) is 9.03. The van der Waals surface area contributed by atoms with Gasteiger partial charge in [-0.1, -0.05) is 66.8 Å². The molecule has 40 heavy (non-hydrogen) atoms. The van der Waals surface area contributed by atoms with E-state index in [0.29, 0.717) is 11.3 Å². The van der Waals surface area contributed by atoms with Gasteiger partial charge in [0.2, 0.25) is 0 Å². The number of allylic oxidation sites excluding steroid dienone is 1. The third-order valence-electron chi connectivity index (χ3n) is 6.12. The maximum Gasteiger partial charge on any atom is 0.355 e. The molecule has 1 aliphatic heterocycles. The number of ether oxygens (including phenoxy) is 2. The number of nitro groups is 1. The minimum atomic E-state index is -0.913. The molecule has 0 radical (unpaired) electrons. The second-order valence-electron chi connectivity index (χ2n) is 8.79. The lowest BCUT2D eigenvalue weighted by atomic mass is 9.92. The lowest BCUT2D eigenvalue weighted by molar-refractivity contribution is -0.384. The van der Waals surface area contributed by atoms with Gasteiger partial charge in [-0.05, 0) is 42.3 Å². The molecule has 10 nitrogen and oxygen atoms in total. The van der Waals surface area contributed by atoms with E-state index < -0.39 is 34.8 Å². The van der Waals surface area contributed by atoms with Crippen LogP contribution in [0.5, 0.6) is 5.75 Å². The Balaban J connectivity index is 1.45. The number of para-hydroxylation sites is 1. The third kappa shape index (κ3) is 6.79. The molecule has 2 atom stereocenters. The average Bonchev–Trinajstić information content (AvgIpc) is 2.98. The molecule has 0 saturated carbocycles. The van der Waals surface area contributed by atoms with Crippen LogP contribution in [0.1, 0.15) is 18.1 Å². The molecular weight excluding hydrogens is 514 g/mol. The lowest BCUT2D eigenvalue weighted by Crippen LogP contribution is -2.70. The van der Waals surface area contributed by atoms with Gasteiger partial charge in [0.05, 0.1) is 11.0 Å². The van der Waals surface area contributed by atoms with Gasteiger partial charge in [0.1, 0.15) is 24.1 Å². The van der Waals surface area contributed by atoms with Gasteiger partial charge >= 0.3 is 5.97 Å². The van der Waals surface area contributed by atoms with Crippen molar-refractivity contribution in [3.8, 4) is 5.75 Å². The largest absolute Gasteiger partial charge is 0.484 e. The second-order valence-corrected chi connectivity index (χ2v) is 8.79. The Bertz CT molecular complexity index is 1420. The van der Waals surface area contributed by atoms with Gasteiger partial charge in [0.25, 0.3) is 17.5 Å². The molecule has 204 valence electrons. The Morgan fingerprint density at radius 3 is 2.27 bits per heavy atom. The van der Waals surface area contributed by atoms with Gasteiger partial charge in [-0.25, -0.2) is 4.79 Å². The summed E-state index contributed by atoms with van der Waals surface area (Å²) in [6.07, 6.45) is 5.02. The topological polar surface area (TPSA) is 128 Å². The van der Waals surface area contributed by atoms with E-state index in [-0.39, 0.29) is 24.6 Å². The van der Waals surface area contributed by atoms with Crippen LogP contribution in [-0.2, 0) is 25.7 Å². The normalized spacial score (nSPS) is 16.8. The number of carbonyl (C=O) groups excluding carboxylic acids is 3. The molecule has 0 aromatic heterocycles. The molecule has 1 fully saturated rings. The van der Waals surface area contributed by atoms with Crippen LogP contribution in [-0.4, -0.2) is 46.3 Å². The van der Waals surface area contributed by atoms with E-state index in [9.17, 15) is 24.5 Å². The number of amides is 2. The minimum absolute atomic E-state index is 0.0145. The fourth-order valence-electron chi connectivity index (χ4n) is 4.08. The highest BCUT2D eigenvalue weighted by Gasteiger charge is 2.50. The van der Waals surface area contributed by atoms with Gasteiger partial charge < -0.3 is 14.8 Å². The molecule has 3 aromatic rings. The Morgan fingerprint density at radius 2 is 1.65 bits per heavy atom. The molecule has 1 heterocycles. The summed E-state index contributed by atoms with van der Waals surface area (Å²) in [6.45, 7) is 1.18. The lowest BCUT2D eigenvalue weighted by Gasteiger charge is -2.46. The van der Waals surface area contributed by atoms with E-state index in [1.165, 1.54) is 35.2 Å². The Morgan fingerprint density at radius 1 is 1.00 bits per heavy atom. The number of hydrogen-bond donors (Lipinski definition) is 1. The van der Waals surface area contributed by atoms with Crippen LogP contribution in [0.4, 0.5) is 5.69 Å². The predicted octanol–water partition coefficient (Wildman–Crippen LogP) is 4.03. The predicted molar refractivity (Wildman–Crippen MR) is 147 cm³/mol. The average molecular weight is 542 g/mol. The van der Waals surface area contributed by atoms with Crippen molar-refractivity contribution in [1.82, 2.24) is 10.2 Å². The maximum absolute atomic E-state index is 13.2. The number of likely N-dealkylation sites (tertiary alicyclic amines) is 1. The number of non-ortho nitro benzene ring substituents is 1. The number of hydrogen-bond acceptors (Lipinski definition) is 7. The minimum Gasteiger partial charge on any atom is -0.484 e. The zero-order valence-corrected chi connectivity index (χ0v) is 21.6. The summed E-state index contributed by atoms with van der Waals surface area (Å²) in [7, 11) is 0. The number of rotatable bonds is 11. The van der Waals surface area contributed by atoms with Gasteiger partial charge in [-0.15, -0.1) is 0 Å². The van der Waals surface area contributed by atoms with Gasteiger partial charge in [0.15, 0.2) is 6.61 Å². The van der Waals surface area contributed by atoms with Crippen LogP contribution < -0.4 is 10.1 Å². The molecule has 1 aliphatic rings. The smallest absolute Gasteiger partial charge is 0.355 e. The van der Waals surface area contributed by atoms with E-state index in [4.69, 9.17) is 9.47 Å². The molecule has 1 N–H and O–H groups in total. The first kappa shape index (κ1) is 27.8. The van der Waals surface area contributed by atoms with Crippen molar-refractivity contribution in [1.29, 1.82) is 0 Å². The van der Waals surface area contributed by atoms with E-state index in [1.807, 2.05) is 36.4 Å². The first-order chi connectivity index (χ1) is 19.4. The number of esters is 1. The molecule has 0 spiro atoms. The third-order valence-corrected chi connectivity index (χ3v) is 6.12. The number of nitrogens with zero attached hydrogens (tertiary/aromatic N) is 2. The first-order valence-corrected chi connectivity index (χ1v) is 12.5. The van der Waals surface area contributed by atoms with Crippen molar-refractivity contribution >= 4 is 29.5 Å². The van der Waals surface area contributed by atoms with E-state index in [1.54, 1.807) is 43.3 Å². The summed E-state index contributed by atoms with van der Waals surface area (Å²) in [5.74, 6) is -1.19. The van der Waals surface area contributed by atoms with E-state index in [0.717, 1.165) is 5.56 Å². The van der Waals surface area contributed by atoms with Gasteiger partial charge in [0, 0.05) is 12.1 Å². The first-order valence-electron chi connectivity index (χ1n) is 12.5. The van der Waals surface area contributed by atoms with Crippen LogP contribution in [0.15, 0.2) is 103 Å². The van der Waals surface area contributed by atoms with Crippen molar-refractivity contribution in [2.75, 3.05) is 6.61 Å². The Hall–Kier alpha value is -5.25. The highest BCUT2D eigenvalue weighted by atomic mass is 16.6. The highest BCUT2D eigenvalue weighted by Crippen LogP contribution is 2.28. The molecule has 3 aromatic carbocycles. The number of nitro benzene ring substituents is 1. The molecule has 0 aliphatic carbocycles. The molecule has 0 bridgehead atoms. The molecular formula is C30H27N3O7. The van der Waals surface area contributed by atoms with Crippen molar-refractivity contribution < 1.29 is 28.8 Å². The monoisotopic (exact) mass is 541 g/mol. The summed E-state index contributed by atoms with van der Waals surface area (Å²) in [4.78, 5) is 50.4. The van der Waals surface area contributed by atoms with Crippen LogP contribution in [0.2, 0.25) is 0 Å². The van der Waals surface area contributed by atoms with Crippen molar-refractivity contribution in [2.45, 2.75) is 25.6 Å². The summed E-state index contributed by atoms with van der Waals surface area (Å²) in [5.41, 5.74) is 1.36. The van der Waals surface area contributed by atoms with E-state index >= 15 is 0 Å². The Labute approximate surface area is 230 Å². The zero-order valence-electron chi connectivity index (χ0n) is 21.6. The second kappa shape index (κ2) is 13.0. The van der Waals surface area contributed by atoms with Crippen molar-refractivity contribution in [3.05, 3.63) is 124 Å². The molecule has 0 unspecified atom stereocenters. The summed E-state index contributed by atoms with van der Waals surface area (Å²) >= 11 is 0. The summed E-state index contributed by atoms with van der Waals surface area (Å²) in [6, 6.07) is 22.3. The van der Waals surface area contributed by atoms with Crippen molar-refractivity contribution in [3.63, 3.8) is 0 Å². The van der Waals surface area contributed by atoms with Crippen LogP contribution in [0, 0.1) is 10.1 Å². The summed E-state index contributed by atoms with van der Waals surface area (Å²) < 4.78 is 10.9. The fraction of sp³-hybridized carbons (Fsp3) is 0.167. The zero-order chi connectivity index (χ0) is 28.5. The number of carbonyl (C=O) groups is 3. The van der Waals surface area contributed by atoms with Crippen LogP contribution >= 0.6 is 0 Å². The number of benzene rings is 3.